The van der Waals surface area contributed by atoms with Gasteiger partial charge >= 0.3 is 0 Å². The molecule has 1 atom stereocenters. The van der Waals surface area contributed by atoms with E-state index in [1.54, 1.807) is 11.3 Å². The normalized spacial score (nSPS) is 15.7. The van der Waals surface area contributed by atoms with Gasteiger partial charge in [-0.25, -0.2) is 4.98 Å². The Balaban J connectivity index is 0.00000200. The fraction of sp³-hybridized carbons (Fsp3) is 0.692. The molecule has 1 aliphatic heterocycles. The van der Waals surface area contributed by atoms with Gasteiger partial charge in [-0.1, -0.05) is 20.8 Å². The predicted octanol–water partition coefficient (Wildman–Crippen LogP) is 2.29. The van der Waals surface area contributed by atoms with Crippen LogP contribution < -0.4 is 11.1 Å². The summed E-state index contributed by atoms with van der Waals surface area (Å²) in [5.41, 5.74) is 6.96. The van der Waals surface area contributed by atoms with Gasteiger partial charge in [-0.2, -0.15) is 0 Å². The lowest BCUT2D eigenvalue weighted by Gasteiger charge is -2.23. The van der Waals surface area contributed by atoms with Crippen LogP contribution in [0.4, 0.5) is 5.13 Å². The molecule has 1 amide bonds. The molecule has 0 saturated heterocycles. The van der Waals surface area contributed by atoms with Crippen molar-refractivity contribution in [2.45, 2.75) is 39.8 Å². The minimum Gasteiger partial charge on any atom is -0.320 e. The molecule has 122 valence electrons. The van der Waals surface area contributed by atoms with Crippen molar-refractivity contribution in [1.29, 1.82) is 0 Å². The number of halogens is 2. The second-order valence-corrected chi connectivity index (χ2v) is 6.35. The number of rotatable bonds is 4. The maximum Gasteiger partial charge on any atom is 0.243 e. The zero-order chi connectivity index (χ0) is 14.0. The van der Waals surface area contributed by atoms with Crippen LogP contribution in [-0.2, 0) is 17.8 Å². The van der Waals surface area contributed by atoms with Gasteiger partial charge in [0.25, 0.3) is 0 Å². The van der Waals surface area contributed by atoms with Gasteiger partial charge in [0.1, 0.15) is 0 Å². The Bertz CT molecular complexity index is 467. The molecule has 0 aromatic carbocycles. The summed E-state index contributed by atoms with van der Waals surface area (Å²) in [6.07, 6.45) is 0.964. The average molecular weight is 355 g/mol. The van der Waals surface area contributed by atoms with E-state index in [2.05, 4.69) is 22.1 Å². The van der Waals surface area contributed by atoms with E-state index in [4.69, 9.17) is 5.73 Å². The molecule has 5 nitrogen and oxygen atoms in total. The lowest BCUT2D eigenvalue weighted by atomic mass is 10.1. The fourth-order valence-electron chi connectivity index (χ4n) is 2.06. The third-order valence-electron chi connectivity index (χ3n) is 3.51. The Morgan fingerprint density at radius 1 is 1.48 bits per heavy atom. The summed E-state index contributed by atoms with van der Waals surface area (Å²) in [6, 6.07) is -0.479. The zero-order valence-electron chi connectivity index (χ0n) is 12.6. The number of anilines is 1. The quantitative estimate of drug-likeness (QED) is 0.869. The number of thiazole rings is 1. The number of carbonyl (C=O) groups is 1. The molecule has 2 rings (SSSR count). The van der Waals surface area contributed by atoms with Crippen LogP contribution in [0, 0.1) is 5.92 Å². The summed E-state index contributed by atoms with van der Waals surface area (Å²) in [5.74, 6) is -0.0152. The molecule has 1 aromatic rings. The van der Waals surface area contributed by atoms with Crippen molar-refractivity contribution in [2.75, 3.05) is 18.4 Å². The first-order chi connectivity index (χ1) is 9.01. The van der Waals surface area contributed by atoms with Crippen LogP contribution in [0.2, 0.25) is 0 Å². The Morgan fingerprint density at radius 3 is 2.71 bits per heavy atom. The van der Waals surface area contributed by atoms with Crippen LogP contribution in [0.1, 0.15) is 31.3 Å². The van der Waals surface area contributed by atoms with Gasteiger partial charge in [-0.15, -0.1) is 36.2 Å². The minimum absolute atomic E-state index is 0. The first-order valence-corrected chi connectivity index (χ1v) is 7.60. The molecule has 0 fully saturated rings. The number of nitrogens with two attached hydrogens (primary N) is 1. The van der Waals surface area contributed by atoms with E-state index < -0.39 is 6.04 Å². The van der Waals surface area contributed by atoms with Gasteiger partial charge in [0, 0.05) is 24.4 Å². The monoisotopic (exact) mass is 354 g/mol. The van der Waals surface area contributed by atoms with Gasteiger partial charge in [0.05, 0.1) is 11.7 Å². The standard InChI is InChI=1S/C13H22N4OS.2ClH/c1-4-17-6-5-9-10(7-17)19-13(15-9)16-12(18)11(14)8(2)3;;/h8,11H,4-7,14H2,1-3H3,(H,15,16,18);2*1H. The van der Waals surface area contributed by atoms with Crippen molar-refractivity contribution in [3.8, 4) is 0 Å². The van der Waals surface area contributed by atoms with Crippen LogP contribution in [0.5, 0.6) is 0 Å². The molecular weight excluding hydrogens is 331 g/mol. The minimum atomic E-state index is -0.479. The first-order valence-electron chi connectivity index (χ1n) is 6.78. The van der Waals surface area contributed by atoms with Crippen LogP contribution in [-0.4, -0.2) is 34.9 Å². The summed E-state index contributed by atoms with van der Waals surface area (Å²) < 4.78 is 0. The van der Waals surface area contributed by atoms with E-state index in [-0.39, 0.29) is 36.6 Å². The molecule has 8 heteroatoms. The third-order valence-corrected chi connectivity index (χ3v) is 4.51. The topological polar surface area (TPSA) is 71.2 Å². The lowest BCUT2D eigenvalue weighted by molar-refractivity contribution is -0.118. The van der Waals surface area contributed by atoms with Crippen LogP contribution >= 0.6 is 36.2 Å². The Hall–Kier alpha value is -0.400. The van der Waals surface area contributed by atoms with Crippen molar-refractivity contribution in [3.05, 3.63) is 10.6 Å². The van der Waals surface area contributed by atoms with E-state index in [1.165, 1.54) is 4.88 Å². The number of amides is 1. The molecule has 1 aromatic heterocycles. The molecule has 0 saturated carbocycles. The molecule has 0 aliphatic carbocycles. The van der Waals surface area contributed by atoms with E-state index in [9.17, 15) is 4.79 Å². The Kier molecular flexibility index (Phi) is 8.73. The van der Waals surface area contributed by atoms with E-state index in [1.807, 2.05) is 13.8 Å². The van der Waals surface area contributed by atoms with E-state index in [0.717, 1.165) is 31.7 Å². The second-order valence-electron chi connectivity index (χ2n) is 5.27. The smallest absolute Gasteiger partial charge is 0.243 e. The number of nitrogens with zero attached hydrogens (tertiary/aromatic N) is 2. The van der Waals surface area contributed by atoms with Gasteiger partial charge in [-0.3, -0.25) is 9.69 Å². The summed E-state index contributed by atoms with van der Waals surface area (Å²) >= 11 is 1.57. The maximum absolute atomic E-state index is 11.9. The first kappa shape index (κ1) is 20.6. The number of nitrogens with one attached hydrogen (secondary N) is 1. The number of carbonyl (C=O) groups excluding carboxylic acids is 1. The molecule has 0 bridgehead atoms. The molecule has 1 aliphatic rings. The number of hydrogen-bond donors (Lipinski definition) is 2. The van der Waals surface area contributed by atoms with Crippen LogP contribution in [0.3, 0.4) is 0 Å². The van der Waals surface area contributed by atoms with Crippen molar-refractivity contribution in [2.24, 2.45) is 11.7 Å². The maximum atomic E-state index is 11.9. The number of aromatic nitrogens is 1. The van der Waals surface area contributed by atoms with Crippen molar-refractivity contribution >= 4 is 47.2 Å². The molecular formula is C13H24Cl2N4OS. The van der Waals surface area contributed by atoms with Gasteiger partial charge < -0.3 is 11.1 Å². The number of likely N-dealkylation sites (N-methyl/N-ethyl adjacent to an activating group) is 1. The van der Waals surface area contributed by atoms with Crippen molar-refractivity contribution in [3.63, 3.8) is 0 Å². The molecule has 3 N–H and O–H groups in total. The highest BCUT2D eigenvalue weighted by molar-refractivity contribution is 7.15. The molecule has 2 heterocycles. The van der Waals surface area contributed by atoms with Crippen molar-refractivity contribution in [1.82, 2.24) is 9.88 Å². The van der Waals surface area contributed by atoms with Gasteiger partial charge in [0.2, 0.25) is 5.91 Å². The highest BCUT2D eigenvalue weighted by Crippen LogP contribution is 2.28. The van der Waals surface area contributed by atoms with Gasteiger partial charge in [-0.05, 0) is 12.5 Å². The highest BCUT2D eigenvalue weighted by atomic mass is 35.5. The zero-order valence-corrected chi connectivity index (χ0v) is 15.0. The lowest BCUT2D eigenvalue weighted by Crippen LogP contribution is -2.39. The SMILES string of the molecule is CCN1CCc2nc(NC(=O)C(N)C(C)C)sc2C1.Cl.Cl. The molecule has 0 radical (unpaired) electrons. The fourth-order valence-corrected chi connectivity index (χ4v) is 3.12. The summed E-state index contributed by atoms with van der Waals surface area (Å²) in [5, 5.41) is 3.52. The molecule has 0 spiro atoms. The summed E-state index contributed by atoms with van der Waals surface area (Å²) in [4.78, 5) is 20.1. The largest absolute Gasteiger partial charge is 0.320 e. The number of fused-ring (bicyclic) bond motifs is 1. The summed E-state index contributed by atoms with van der Waals surface area (Å²) in [6.45, 7) is 9.09. The van der Waals surface area contributed by atoms with Crippen molar-refractivity contribution < 1.29 is 4.79 Å². The highest BCUT2D eigenvalue weighted by Gasteiger charge is 2.22. The summed E-state index contributed by atoms with van der Waals surface area (Å²) in [7, 11) is 0. The van der Waals surface area contributed by atoms with Gasteiger partial charge in [0.15, 0.2) is 5.13 Å². The third kappa shape index (κ3) is 5.07. The van der Waals surface area contributed by atoms with E-state index >= 15 is 0 Å². The Labute approximate surface area is 142 Å². The predicted molar refractivity (Wildman–Crippen MR) is 92.7 cm³/mol. The second kappa shape index (κ2) is 8.90. The molecule has 1 unspecified atom stereocenters. The van der Waals surface area contributed by atoms with E-state index in [0.29, 0.717) is 5.13 Å². The Morgan fingerprint density at radius 2 is 2.14 bits per heavy atom. The average Bonchev–Trinajstić information content (AvgIpc) is 2.78. The van der Waals surface area contributed by atoms with Crippen LogP contribution in [0.25, 0.3) is 0 Å². The number of hydrogen-bond acceptors (Lipinski definition) is 5. The molecule has 21 heavy (non-hydrogen) atoms. The van der Waals surface area contributed by atoms with Crippen LogP contribution in [0.15, 0.2) is 0 Å².